The van der Waals surface area contributed by atoms with Crippen LogP contribution in [0.4, 0.5) is 5.82 Å². The van der Waals surface area contributed by atoms with Crippen molar-refractivity contribution < 1.29 is 24.0 Å². The minimum atomic E-state index is -0.691. The molecule has 21 heavy (non-hydrogen) atoms. The average molecular weight is 297 g/mol. The fourth-order valence-electron chi connectivity index (χ4n) is 1.39. The van der Waals surface area contributed by atoms with Crippen LogP contribution in [-0.2, 0) is 14.3 Å². The van der Waals surface area contributed by atoms with E-state index in [4.69, 9.17) is 4.74 Å². The van der Waals surface area contributed by atoms with Crippen LogP contribution >= 0.6 is 0 Å². The number of nitro groups is 1. The van der Waals surface area contributed by atoms with Crippen LogP contribution in [0.15, 0.2) is 18.3 Å². The molecule has 1 aromatic rings. The highest BCUT2D eigenvalue weighted by Gasteiger charge is 2.16. The van der Waals surface area contributed by atoms with E-state index in [-0.39, 0.29) is 31.3 Å². The van der Waals surface area contributed by atoms with Crippen LogP contribution in [-0.4, -0.2) is 42.0 Å². The number of amides is 1. The van der Waals surface area contributed by atoms with E-state index in [2.05, 4.69) is 15.0 Å². The molecule has 0 atom stereocenters. The number of hydrogen-bond acceptors (Lipinski definition) is 7. The number of nitrogens with zero attached hydrogens (tertiary/aromatic N) is 2. The molecule has 0 fully saturated rings. The Balaban J connectivity index is 2.33. The summed E-state index contributed by atoms with van der Waals surface area (Å²) < 4.78 is 9.50. The molecule has 0 aliphatic heterocycles. The van der Waals surface area contributed by atoms with Crippen LogP contribution in [0.3, 0.4) is 0 Å². The van der Waals surface area contributed by atoms with E-state index in [1.165, 1.54) is 25.4 Å². The fraction of sp³-hybridized carbons (Fsp3) is 0.417. The minimum absolute atomic E-state index is 0.0767. The molecule has 0 unspecified atom stereocenters. The SMILES string of the molecule is COC(=O)CCCNC(=O)COc1cccnc1[N+](=O)[O-]. The van der Waals surface area contributed by atoms with Crippen molar-refractivity contribution in [2.24, 2.45) is 0 Å². The quantitative estimate of drug-likeness (QED) is 0.320. The minimum Gasteiger partial charge on any atom is -0.476 e. The van der Waals surface area contributed by atoms with E-state index in [9.17, 15) is 19.7 Å². The van der Waals surface area contributed by atoms with Gasteiger partial charge in [0.15, 0.2) is 6.61 Å². The van der Waals surface area contributed by atoms with Crippen molar-refractivity contribution in [3.63, 3.8) is 0 Å². The lowest BCUT2D eigenvalue weighted by Crippen LogP contribution is -2.30. The summed E-state index contributed by atoms with van der Waals surface area (Å²) in [5.74, 6) is -1.33. The van der Waals surface area contributed by atoms with E-state index in [0.717, 1.165) is 0 Å². The van der Waals surface area contributed by atoms with Crippen molar-refractivity contribution >= 4 is 17.7 Å². The number of rotatable bonds is 8. The van der Waals surface area contributed by atoms with E-state index in [1.807, 2.05) is 0 Å². The van der Waals surface area contributed by atoms with Gasteiger partial charge in [0.25, 0.3) is 5.91 Å². The number of aromatic nitrogens is 1. The standard InChI is InChI=1S/C12H15N3O6/c1-20-11(17)5-3-6-13-10(16)8-21-9-4-2-7-14-12(9)15(18)19/h2,4,7H,3,5-6,8H2,1H3,(H,13,16). The fourth-order valence-corrected chi connectivity index (χ4v) is 1.39. The summed E-state index contributed by atoms with van der Waals surface area (Å²) >= 11 is 0. The van der Waals surface area contributed by atoms with Crippen molar-refractivity contribution in [2.75, 3.05) is 20.3 Å². The smallest absolute Gasteiger partial charge is 0.406 e. The predicted octanol–water partition coefficient (Wildman–Crippen LogP) is 0.438. The maximum atomic E-state index is 11.5. The molecule has 114 valence electrons. The van der Waals surface area contributed by atoms with Gasteiger partial charge in [0.1, 0.15) is 6.20 Å². The monoisotopic (exact) mass is 297 g/mol. The Labute approximate surface area is 120 Å². The topological polar surface area (TPSA) is 121 Å². The van der Waals surface area contributed by atoms with Gasteiger partial charge < -0.3 is 24.9 Å². The largest absolute Gasteiger partial charge is 0.476 e. The summed E-state index contributed by atoms with van der Waals surface area (Å²) in [7, 11) is 1.29. The zero-order valence-corrected chi connectivity index (χ0v) is 11.4. The van der Waals surface area contributed by atoms with Crippen LogP contribution in [0.1, 0.15) is 12.8 Å². The third-order valence-corrected chi connectivity index (χ3v) is 2.39. The highest BCUT2D eigenvalue weighted by Crippen LogP contribution is 2.22. The normalized spacial score (nSPS) is 9.76. The average Bonchev–Trinajstić information content (AvgIpc) is 2.49. The van der Waals surface area contributed by atoms with Gasteiger partial charge in [-0.2, -0.15) is 0 Å². The number of pyridine rings is 1. The third-order valence-electron chi connectivity index (χ3n) is 2.39. The zero-order valence-electron chi connectivity index (χ0n) is 11.4. The summed E-state index contributed by atoms with van der Waals surface area (Å²) in [6, 6.07) is 2.83. The first kappa shape index (κ1) is 16.3. The van der Waals surface area contributed by atoms with Crippen LogP contribution < -0.4 is 10.1 Å². The molecule has 1 amide bonds. The molecule has 1 heterocycles. The molecular formula is C12H15N3O6. The number of nitrogens with one attached hydrogen (secondary N) is 1. The van der Waals surface area contributed by atoms with Gasteiger partial charge in [-0.15, -0.1) is 0 Å². The summed E-state index contributed by atoms with van der Waals surface area (Å²) in [6.45, 7) is -0.0861. The first-order chi connectivity index (χ1) is 10.0. The van der Waals surface area contributed by atoms with Crippen molar-refractivity contribution in [3.8, 4) is 5.75 Å². The van der Waals surface area contributed by atoms with Gasteiger partial charge >= 0.3 is 11.8 Å². The van der Waals surface area contributed by atoms with E-state index >= 15 is 0 Å². The Morgan fingerprint density at radius 3 is 2.90 bits per heavy atom. The maximum Gasteiger partial charge on any atom is 0.406 e. The molecule has 0 aliphatic rings. The summed E-state index contributed by atoms with van der Waals surface area (Å²) in [5, 5.41) is 13.2. The Bertz CT molecular complexity index is 519. The molecule has 0 bridgehead atoms. The Morgan fingerprint density at radius 1 is 1.48 bits per heavy atom. The zero-order chi connectivity index (χ0) is 15.7. The Kier molecular flexibility index (Phi) is 6.58. The highest BCUT2D eigenvalue weighted by atomic mass is 16.6. The molecule has 0 spiro atoms. The first-order valence-electron chi connectivity index (χ1n) is 6.10. The van der Waals surface area contributed by atoms with Gasteiger partial charge in [0.2, 0.25) is 5.75 Å². The van der Waals surface area contributed by atoms with Crippen LogP contribution in [0.5, 0.6) is 5.75 Å². The van der Waals surface area contributed by atoms with Crippen LogP contribution in [0.25, 0.3) is 0 Å². The molecule has 0 radical (unpaired) electrons. The molecule has 0 saturated carbocycles. The van der Waals surface area contributed by atoms with Gasteiger partial charge in [-0.3, -0.25) is 9.59 Å². The van der Waals surface area contributed by atoms with E-state index < -0.39 is 16.6 Å². The van der Waals surface area contributed by atoms with Gasteiger partial charge in [-0.1, -0.05) is 0 Å². The Hall–Kier alpha value is -2.71. The van der Waals surface area contributed by atoms with E-state index in [0.29, 0.717) is 6.42 Å². The number of hydrogen-bond donors (Lipinski definition) is 1. The van der Waals surface area contributed by atoms with Gasteiger partial charge in [0, 0.05) is 13.0 Å². The molecule has 9 heteroatoms. The number of methoxy groups -OCH3 is 1. The summed E-state index contributed by atoms with van der Waals surface area (Å²) in [5.41, 5.74) is 0. The number of carbonyl (C=O) groups excluding carboxylic acids is 2. The number of carbonyl (C=O) groups is 2. The summed E-state index contributed by atoms with van der Waals surface area (Å²) in [6.07, 6.45) is 1.90. The number of esters is 1. The molecule has 0 saturated heterocycles. The maximum absolute atomic E-state index is 11.5. The van der Waals surface area contributed by atoms with Crippen molar-refractivity contribution in [2.45, 2.75) is 12.8 Å². The van der Waals surface area contributed by atoms with Crippen LogP contribution in [0.2, 0.25) is 0 Å². The second-order valence-corrected chi connectivity index (χ2v) is 3.90. The first-order valence-corrected chi connectivity index (χ1v) is 6.10. The second kappa shape index (κ2) is 8.46. The lowest BCUT2D eigenvalue weighted by atomic mass is 10.3. The lowest BCUT2D eigenvalue weighted by molar-refractivity contribution is -0.390. The van der Waals surface area contributed by atoms with Crippen molar-refractivity contribution in [3.05, 3.63) is 28.4 Å². The Morgan fingerprint density at radius 2 is 2.24 bits per heavy atom. The van der Waals surface area contributed by atoms with Gasteiger partial charge in [-0.25, -0.2) is 0 Å². The molecule has 1 N–H and O–H groups in total. The summed E-state index contributed by atoms with van der Waals surface area (Å²) in [4.78, 5) is 35.9. The van der Waals surface area contributed by atoms with Crippen molar-refractivity contribution in [1.29, 1.82) is 0 Å². The van der Waals surface area contributed by atoms with Crippen LogP contribution in [0, 0.1) is 10.1 Å². The molecule has 1 rings (SSSR count). The predicted molar refractivity (Wildman–Crippen MR) is 70.6 cm³/mol. The molecule has 9 nitrogen and oxygen atoms in total. The number of ether oxygens (including phenoxy) is 2. The third kappa shape index (κ3) is 5.85. The van der Waals surface area contributed by atoms with E-state index in [1.54, 1.807) is 0 Å². The molecular weight excluding hydrogens is 282 g/mol. The van der Waals surface area contributed by atoms with Gasteiger partial charge in [0.05, 0.1) is 7.11 Å². The molecule has 1 aromatic heterocycles. The van der Waals surface area contributed by atoms with Crippen molar-refractivity contribution in [1.82, 2.24) is 10.3 Å². The molecule has 0 aliphatic carbocycles. The second-order valence-electron chi connectivity index (χ2n) is 3.90. The highest BCUT2D eigenvalue weighted by molar-refractivity contribution is 5.77. The lowest BCUT2D eigenvalue weighted by Gasteiger charge is -2.07. The molecule has 0 aromatic carbocycles. The van der Waals surface area contributed by atoms with Gasteiger partial charge in [-0.05, 0) is 28.5 Å².